The molecule has 0 spiro atoms. The molecule has 0 radical (unpaired) electrons. The third kappa shape index (κ3) is 4.68. The molecule has 0 heterocycles. The first-order valence-corrected chi connectivity index (χ1v) is 8.60. The SMILES string of the molecule is C/C(=N\NC(=O)C(C)Nc1c(C)cccc1C)c1ccc(Br)cc1. The van der Waals surface area contributed by atoms with Crippen LogP contribution in [0.4, 0.5) is 5.69 Å². The molecule has 1 amide bonds. The average Bonchev–Trinajstić information content (AvgIpc) is 2.56. The molecule has 0 fully saturated rings. The number of para-hydroxylation sites is 1. The zero-order chi connectivity index (χ0) is 17.7. The highest BCUT2D eigenvalue weighted by Gasteiger charge is 2.14. The fourth-order valence-corrected chi connectivity index (χ4v) is 2.58. The Bertz CT molecular complexity index is 733. The Morgan fingerprint density at radius 1 is 1.08 bits per heavy atom. The number of rotatable bonds is 5. The molecular formula is C19H22BrN3O. The van der Waals surface area contributed by atoms with Gasteiger partial charge in [0.2, 0.25) is 0 Å². The van der Waals surface area contributed by atoms with Crippen molar-refractivity contribution in [1.82, 2.24) is 5.43 Å². The third-order valence-electron chi connectivity index (χ3n) is 3.83. The molecule has 0 aromatic heterocycles. The molecule has 0 aliphatic carbocycles. The smallest absolute Gasteiger partial charge is 0.262 e. The van der Waals surface area contributed by atoms with E-state index in [0.29, 0.717) is 0 Å². The van der Waals surface area contributed by atoms with Gasteiger partial charge in [-0.3, -0.25) is 4.79 Å². The summed E-state index contributed by atoms with van der Waals surface area (Å²) in [5, 5.41) is 7.46. The van der Waals surface area contributed by atoms with Crippen molar-refractivity contribution in [2.24, 2.45) is 5.10 Å². The Hall–Kier alpha value is -2.14. The number of amides is 1. The van der Waals surface area contributed by atoms with Gasteiger partial charge in [-0.15, -0.1) is 0 Å². The zero-order valence-corrected chi connectivity index (χ0v) is 15.9. The Morgan fingerprint density at radius 3 is 2.25 bits per heavy atom. The number of carbonyl (C=O) groups excluding carboxylic acids is 1. The van der Waals surface area contributed by atoms with Gasteiger partial charge in [-0.25, -0.2) is 5.43 Å². The van der Waals surface area contributed by atoms with Crippen molar-refractivity contribution in [2.75, 3.05) is 5.32 Å². The molecule has 2 aromatic carbocycles. The lowest BCUT2D eigenvalue weighted by Crippen LogP contribution is -2.35. The second-order valence-corrected chi connectivity index (χ2v) is 6.73. The van der Waals surface area contributed by atoms with Crippen molar-refractivity contribution in [1.29, 1.82) is 0 Å². The average molecular weight is 388 g/mol. The standard InChI is InChI=1S/C19H22BrN3O/c1-12-6-5-7-13(2)18(12)21-15(4)19(24)23-22-14(3)16-8-10-17(20)11-9-16/h5-11,15,21H,1-4H3,(H,23,24)/b22-14+. The number of carbonyl (C=O) groups is 1. The van der Waals surface area contributed by atoms with E-state index in [9.17, 15) is 4.79 Å². The number of anilines is 1. The van der Waals surface area contributed by atoms with Gasteiger partial charge in [0.05, 0.1) is 5.71 Å². The van der Waals surface area contributed by atoms with Gasteiger partial charge in [-0.05, 0) is 56.5 Å². The summed E-state index contributed by atoms with van der Waals surface area (Å²) >= 11 is 3.40. The van der Waals surface area contributed by atoms with Crippen molar-refractivity contribution in [3.05, 3.63) is 63.6 Å². The van der Waals surface area contributed by atoms with Crippen LogP contribution in [0.15, 0.2) is 52.0 Å². The van der Waals surface area contributed by atoms with E-state index in [4.69, 9.17) is 0 Å². The van der Waals surface area contributed by atoms with Crippen LogP contribution in [0.1, 0.15) is 30.5 Å². The molecule has 0 saturated heterocycles. The van der Waals surface area contributed by atoms with Gasteiger partial charge in [-0.1, -0.05) is 46.3 Å². The third-order valence-corrected chi connectivity index (χ3v) is 4.36. The number of aryl methyl sites for hydroxylation is 2. The lowest BCUT2D eigenvalue weighted by Gasteiger charge is -2.17. The molecule has 0 bridgehead atoms. The van der Waals surface area contributed by atoms with E-state index in [0.717, 1.165) is 32.6 Å². The molecule has 4 nitrogen and oxygen atoms in total. The van der Waals surface area contributed by atoms with Crippen LogP contribution in [0.25, 0.3) is 0 Å². The monoisotopic (exact) mass is 387 g/mol. The second kappa shape index (κ2) is 8.11. The Labute approximate surface area is 151 Å². The van der Waals surface area contributed by atoms with Crippen LogP contribution < -0.4 is 10.7 Å². The highest BCUT2D eigenvalue weighted by Crippen LogP contribution is 2.20. The molecular weight excluding hydrogens is 366 g/mol. The molecule has 0 aliphatic rings. The highest BCUT2D eigenvalue weighted by molar-refractivity contribution is 9.10. The van der Waals surface area contributed by atoms with Crippen LogP contribution in [-0.2, 0) is 4.79 Å². The molecule has 2 aromatic rings. The molecule has 2 rings (SSSR count). The molecule has 1 atom stereocenters. The van der Waals surface area contributed by atoms with E-state index in [1.54, 1.807) is 0 Å². The zero-order valence-electron chi connectivity index (χ0n) is 14.4. The minimum Gasteiger partial charge on any atom is -0.373 e. The van der Waals surface area contributed by atoms with Gasteiger partial charge in [0.1, 0.15) is 6.04 Å². The summed E-state index contributed by atoms with van der Waals surface area (Å²) in [4.78, 5) is 12.3. The summed E-state index contributed by atoms with van der Waals surface area (Å²) in [5.41, 5.74) is 7.58. The summed E-state index contributed by atoms with van der Waals surface area (Å²) in [5.74, 6) is -0.172. The van der Waals surface area contributed by atoms with Gasteiger partial charge in [0, 0.05) is 10.2 Å². The molecule has 0 aliphatic heterocycles. The predicted molar refractivity (Wildman–Crippen MR) is 103 cm³/mol. The number of nitrogens with zero attached hydrogens (tertiary/aromatic N) is 1. The van der Waals surface area contributed by atoms with E-state index in [2.05, 4.69) is 31.8 Å². The molecule has 0 saturated carbocycles. The minimum atomic E-state index is -0.383. The topological polar surface area (TPSA) is 53.5 Å². The minimum absolute atomic E-state index is 0.172. The normalized spacial score (nSPS) is 12.6. The van der Waals surface area contributed by atoms with E-state index in [1.165, 1.54) is 0 Å². The Kier molecular flexibility index (Phi) is 6.15. The fraction of sp³-hybridized carbons (Fsp3) is 0.263. The first kappa shape index (κ1) is 18.2. The van der Waals surface area contributed by atoms with Crippen LogP contribution in [-0.4, -0.2) is 17.7 Å². The first-order chi connectivity index (χ1) is 11.4. The lowest BCUT2D eigenvalue weighted by molar-refractivity contribution is -0.121. The summed E-state index contributed by atoms with van der Waals surface area (Å²) in [6.07, 6.45) is 0. The summed E-state index contributed by atoms with van der Waals surface area (Å²) in [6, 6.07) is 13.5. The number of hydrazone groups is 1. The lowest BCUT2D eigenvalue weighted by atomic mass is 10.1. The van der Waals surface area contributed by atoms with Crippen LogP contribution >= 0.6 is 15.9 Å². The molecule has 24 heavy (non-hydrogen) atoms. The number of nitrogens with one attached hydrogen (secondary N) is 2. The Morgan fingerprint density at radius 2 is 1.67 bits per heavy atom. The maximum atomic E-state index is 12.3. The number of halogens is 1. The molecule has 1 unspecified atom stereocenters. The number of benzene rings is 2. The van der Waals surface area contributed by atoms with Crippen molar-refractivity contribution in [3.8, 4) is 0 Å². The maximum absolute atomic E-state index is 12.3. The van der Waals surface area contributed by atoms with Crippen molar-refractivity contribution in [3.63, 3.8) is 0 Å². The number of hydrogen-bond donors (Lipinski definition) is 2. The van der Waals surface area contributed by atoms with Crippen LogP contribution in [0.3, 0.4) is 0 Å². The van der Waals surface area contributed by atoms with Crippen molar-refractivity contribution >= 4 is 33.2 Å². The van der Waals surface area contributed by atoms with Crippen molar-refractivity contribution in [2.45, 2.75) is 33.7 Å². The largest absolute Gasteiger partial charge is 0.373 e. The quantitative estimate of drug-likeness (QED) is 0.589. The van der Waals surface area contributed by atoms with E-state index < -0.39 is 0 Å². The summed E-state index contributed by atoms with van der Waals surface area (Å²) < 4.78 is 1.01. The highest BCUT2D eigenvalue weighted by atomic mass is 79.9. The van der Waals surface area contributed by atoms with Crippen LogP contribution in [0, 0.1) is 13.8 Å². The first-order valence-electron chi connectivity index (χ1n) is 7.81. The van der Waals surface area contributed by atoms with E-state index in [-0.39, 0.29) is 11.9 Å². The number of hydrogen-bond acceptors (Lipinski definition) is 3. The molecule has 126 valence electrons. The van der Waals surface area contributed by atoms with Gasteiger partial charge in [0.15, 0.2) is 0 Å². The van der Waals surface area contributed by atoms with Gasteiger partial charge < -0.3 is 5.32 Å². The predicted octanol–water partition coefficient (Wildman–Crippen LogP) is 4.41. The van der Waals surface area contributed by atoms with Crippen LogP contribution in [0.5, 0.6) is 0 Å². The second-order valence-electron chi connectivity index (χ2n) is 5.81. The van der Waals surface area contributed by atoms with Gasteiger partial charge in [0.25, 0.3) is 5.91 Å². The fourth-order valence-electron chi connectivity index (χ4n) is 2.32. The van der Waals surface area contributed by atoms with Gasteiger partial charge >= 0.3 is 0 Å². The maximum Gasteiger partial charge on any atom is 0.262 e. The summed E-state index contributed by atoms with van der Waals surface area (Å²) in [7, 11) is 0. The molecule has 2 N–H and O–H groups in total. The molecule has 5 heteroatoms. The van der Waals surface area contributed by atoms with E-state index >= 15 is 0 Å². The Balaban J connectivity index is 2.01. The van der Waals surface area contributed by atoms with Crippen molar-refractivity contribution < 1.29 is 4.79 Å². The van der Waals surface area contributed by atoms with Crippen LogP contribution in [0.2, 0.25) is 0 Å². The van der Waals surface area contributed by atoms with E-state index in [1.807, 2.05) is 70.2 Å². The summed E-state index contributed by atoms with van der Waals surface area (Å²) in [6.45, 7) is 7.74. The van der Waals surface area contributed by atoms with Gasteiger partial charge in [-0.2, -0.15) is 5.10 Å².